The zero-order chi connectivity index (χ0) is 14.7. The predicted molar refractivity (Wildman–Crippen MR) is 95.0 cm³/mol. The second kappa shape index (κ2) is 8.16. The van der Waals surface area contributed by atoms with E-state index in [-0.39, 0.29) is 12.4 Å². The van der Waals surface area contributed by atoms with Gasteiger partial charge in [0.1, 0.15) is 5.75 Å². The van der Waals surface area contributed by atoms with Crippen LogP contribution in [0.25, 0.3) is 0 Å². The number of benzene rings is 1. The van der Waals surface area contributed by atoms with Gasteiger partial charge in [0, 0.05) is 16.9 Å². The maximum absolute atomic E-state index is 6.35. The van der Waals surface area contributed by atoms with Gasteiger partial charge in [-0.05, 0) is 44.5 Å². The highest BCUT2D eigenvalue weighted by molar-refractivity contribution is 7.09. The first-order valence-corrected chi connectivity index (χ1v) is 8.54. The molecule has 2 heterocycles. The van der Waals surface area contributed by atoms with Crippen LogP contribution in [0.15, 0.2) is 17.6 Å². The number of fused-ring (bicyclic) bond motifs is 1. The van der Waals surface area contributed by atoms with Gasteiger partial charge in [-0.15, -0.1) is 23.7 Å². The fraction of sp³-hybridized carbons (Fsp3) is 0.438. The average Bonchev–Trinajstić information content (AvgIpc) is 2.74. The number of nitrogens with one attached hydrogen (secondary N) is 1. The summed E-state index contributed by atoms with van der Waals surface area (Å²) in [6, 6.07) is 4.09. The molecule has 1 aliphatic rings. The Kier molecular flexibility index (Phi) is 6.50. The van der Waals surface area contributed by atoms with Crippen molar-refractivity contribution in [2.45, 2.75) is 26.2 Å². The Labute approximate surface area is 146 Å². The number of ether oxygens (including phenoxy) is 1. The Bertz CT molecular complexity index is 631. The molecule has 0 spiro atoms. The van der Waals surface area contributed by atoms with E-state index in [0.717, 1.165) is 48.8 Å². The van der Waals surface area contributed by atoms with Crippen LogP contribution in [0, 0.1) is 6.92 Å². The van der Waals surface area contributed by atoms with Crippen molar-refractivity contribution in [3.63, 3.8) is 0 Å². The van der Waals surface area contributed by atoms with E-state index in [1.165, 1.54) is 16.0 Å². The number of hydrogen-bond donors (Lipinski definition) is 1. The number of aryl methyl sites for hydroxylation is 1. The molecule has 0 amide bonds. The molecule has 0 unspecified atom stereocenters. The van der Waals surface area contributed by atoms with Crippen molar-refractivity contribution in [3.8, 4) is 5.75 Å². The summed E-state index contributed by atoms with van der Waals surface area (Å²) in [6.45, 7) is 4.69. The maximum Gasteiger partial charge on any atom is 0.141 e. The van der Waals surface area contributed by atoms with E-state index >= 15 is 0 Å². The van der Waals surface area contributed by atoms with Crippen LogP contribution in [0.4, 0.5) is 0 Å². The Hall–Kier alpha value is -0.810. The number of rotatable bonds is 4. The molecule has 3 rings (SSSR count). The van der Waals surface area contributed by atoms with Gasteiger partial charge in [-0.2, -0.15) is 0 Å². The molecule has 0 bridgehead atoms. The first-order chi connectivity index (χ1) is 10.3. The molecule has 1 aliphatic heterocycles. The number of nitrogens with zero attached hydrogens (tertiary/aromatic N) is 1. The SMILES string of the molecule is Cc1ncsc1CCOc1c(Cl)ccc2c1CCNCC2.Cl. The van der Waals surface area contributed by atoms with E-state index in [9.17, 15) is 0 Å². The van der Waals surface area contributed by atoms with E-state index in [4.69, 9.17) is 16.3 Å². The molecule has 1 aromatic carbocycles. The lowest BCUT2D eigenvalue weighted by molar-refractivity contribution is 0.319. The zero-order valence-corrected chi connectivity index (χ0v) is 14.9. The molecule has 2 aromatic rings. The summed E-state index contributed by atoms with van der Waals surface area (Å²) in [4.78, 5) is 5.56. The van der Waals surface area contributed by atoms with Gasteiger partial charge < -0.3 is 10.1 Å². The fourth-order valence-electron chi connectivity index (χ4n) is 2.68. The molecule has 3 nitrogen and oxygen atoms in total. The first-order valence-electron chi connectivity index (χ1n) is 7.28. The van der Waals surface area contributed by atoms with Crippen LogP contribution >= 0.6 is 35.3 Å². The number of hydrogen-bond acceptors (Lipinski definition) is 4. The van der Waals surface area contributed by atoms with Gasteiger partial charge in [-0.3, -0.25) is 0 Å². The van der Waals surface area contributed by atoms with Crippen molar-refractivity contribution >= 4 is 35.3 Å². The average molecular weight is 359 g/mol. The van der Waals surface area contributed by atoms with E-state index in [2.05, 4.69) is 16.4 Å². The highest BCUT2D eigenvalue weighted by Gasteiger charge is 2.16. The zero-order valence-electron chi connectivity index (χ0n) is 12.5. The van der Waals surface area contributed by atoms with Gasteiger partial charge in [0.15, 0.2) is 0 Å². The highest BCUT2D eigenvalue weighted by atomic mass is 35.5. The molecular formula is C16H20Cl2N2OS. The van der Waals surface area contributed by atoms with Crippen LogP contribution in [-0.4, -0.2) is 24.7 Å². The third-order valence-electron chi connectivity index (χ3n) is 3.85. The second-order valence-electron chi connectivity index (χ2n) is 5.22. The van der Waals surface area contributed by atoms with Crippen LogP contribution in [-0.2, 0) is 19.3 Å². The second-order valence-corrected chi connectivity index (χ2v) is 6.57. The van der Waals surface area contributed by atoms with E-state index in [1.807, 2.05) is 18.5 Å². The molecule has 0 fully saturated rings. The Balaban J connectivity index is 0.00000176. The van der Waals surface area contributed by atoms with Crippen molar-refractivity contribution < 1.29 is 4.74 Å². The van der Waals surface area contributed by atoms with Crippen LogP contribution in [0.2, 0.25) is 5.02 Å². The number of aromatic nitrogens is 1. The van der Waals surface area contributed by atoms with Crippen molar-refractivity contribution in [1.82, 2.24) is 10.3 Å². The Morgan fingerprint density at radius 2 is 2.14 bits per heavy atom. The predicted octanol–water partition coefficient (Wildman–Crippen LogP) is 3.84. The van der Waals surface area contributed by atoms with Gasteiger partial charge in [0.05, 0.1) is 22.8 Å². The normalized spacial score (nSPS) is 13.9. The molecule has 1 aromatic heterocycles. The minimum atomic E-state index is 0. The maximum atomic E-state index is 6.35. The van der Waals surface area contributed by atoms with Crippen LogP contribution in [0.5, 0.6) is 5.75 Å². The lowest BCUT2D eigenvalue weighted by Gasteiger charge is -2.15. The van der Waals surface area contributed by atoms with Gasteiger partial charge in [0.2, 0.25) is 0 Å². The summed E-state index contributed by atoms with van der Waals surface area (Å²) >= 11 is 8.04. The van der Waals surface area contributed by atoms with Crippen molar-refractivity contribution in [1.29, 1.82) is 0 Å². The Morgan fingerprint density at radius 3 is 2.91 bits per heavy atom. The highest BCUT2D eigenvalue weighted by Crippen LogP contribution is 2.33. The summed E-state index contributed by atoms with van der Waals surface area (Å²) < 4.78 is 6.04. The van der Waals surface area contributed by atoms with Gasteiger partial charge >= 0.3 is 0 Å². The standard InChI is InChI=1S/C16H19ClN2OS.ClH/c1-11-15(21-10-19-11)6-9-20-16-13-5-8-18-7-4-12(13)2-3-14(16)17;/h2-3,10,18H,4-9H2,1H3;1H. The number of thiazole rings is 1. The summed E-state index contributed by atoms with van der Waals surface area (Å²) in [7, 11) is 0. The molecule has 6 heteroatoms. The summed E-state index contributed by atoms with van der Waals surface area (Å²) in [5.74, 6) is 0.875. The van der Waals surface area contributed by atoms with Crippen molar-refractivity contribution in [3.05, 3.63) is 44.4 Å². The molecule has 0 aliphatic carbocycles. The van der Waals surface area contributed by atoms with Crippen molar-refractivity contribution in [2.75, 3.05) is 19.7 Å². The summed E-state index contributed by atoms with van der Waals surface area (Å²) in [5.41, 5.74) is 5.62. The molecule has 0 saturated heterocycles. The van der Waals surface area contributed by atoms with Gasteiger partial charge in [-0.1, -0.05) is 17.7 Å². The summed E-state index contributed by atoms with van der Waals surface area (Å²) in [5, 5.41) is 4.14. The third kappa shape index (κ3) is 3.93. The topological polar surface area (TPSA) is 34.1 Å². The number of halogens is 2. The minimum Gasteiger partial charge on any atom is -0.491 e. The Morgan fingerprint density at radius 1 is 1.32 bits per heavy atom. The van der Waals surface area contributed by atoms with E-state index in [1.54, 1.807) is 11.3 Å². The molecule has 1 N–H and O–H groups in total. The van der Waals surface area contributed by atoms with Crippen LogP contribution < -0.4 is 10.1 Å². The van der Waals surface area contributed by atoms with Crippen LogP contribution in [0.3, 0.4) is 0 Å². The van der Waals surface area contributed by atoms with Gasteiger partial charge in [0.25, 0.3) is 0 Å². The largest absolute Gasteiger partial charge is 0.491 e. The third-order valence-corrected chi connectivity index (χ3v) is 5.15. The minimum absolute atomic E-state index is 0. The quantitative estimate of drug-likeness (QED) is 0.901. The summed E-state index contributed by atoms with van der Waals surface area (Å²) in [6.07, 6.45) is 2.90. The lowest BCUT2D eigenvalue weighted by atomic mass is 10.0. The lowest BCUT2D eigenvalue weighted by Crippen LogP contribution is -2.16. The van der Waals surface area contributed by atoms with Crippen LogP contribution in [0.1, 0.15) is 21.7 Å². The van der Waals surface area contributed by atoms with Crippen molar-refractivity contribution in [2.24, 2.45) is 0 Å². The molecule has 0 atom stereocenters. The molecule has 120 valence electrons. The molecule has 22 heavy (non-hydrogen) atoms. The smallest absolute Gasteiger partial charge is 0.141 e. The van der Waals surface area contributed by atoms with Gasteiger partial charge in [-0.25, -0.2) is 4.98 Å². The molecule has 0 radical (unpaired) electrons. The molecule has 0 saturated carbocycles. The monoisotopic (exact) mass is 358 g/mol. The van der Waals surface area contributed by atoms with E-state index < -0.39 is 0 Å². The molecular weight excluding hydrogens is 339 g/mol. The fourth-order valence-corrected chi connectivity index (χ4v) is 3.67. The first kappa shape index (κ1) is 17.5. The van der Waals surface area contributed by atoms with E-state index in [0.29, 0.717) is 6.61 Å².